The van der Waals surface area contributed by atoms with E-state index in [9.17, 15) is 13.2 Å². The van der Waals surface area contributed by atoms with Crippen molar-refractivity contribution in [3.05, 3.63) is 35.4 Å². The van der Waals surface area contributed by atoms with Gasteiger partial charge in [0.2, 0.25) is 0 Å². The maximum Gasteiger partial charge on any atom is 0.408 e. The first kappa shape index (κ1) is 19.7. The second kappa shape index (κ2) is 6.61. The fourth-order valence-electron chi connectivity index (χ4n) is 3.40. The number of nitrogens with two attached hydrogens (primary N) is 1. The number of nitrogens with one attached hydrogen (secondary N) is 1. The van der Waals surface area contributed by atoms with Gasteiger partial charge in [0.15, 0.2) is 9.84 Å². The number of hydrogen-bond acceptors (Lipinski definition) is 5. The summed E-state index contributed by atoms with van der Waals surface area (Å²) >= 11 is 0. The van der Waals surface area contributed by atoms with E-state index >= 15 is 0 Å². The van der Waals surface area contributed by atoms with Crippen LogP contribution in [0.4, 0.5) is 4.79 Å². The lowest BCUT2D eigenvalue weighted by Crippen LogP contribution is -2.48. The van der Waals surface area contributed by atoms with Crippen molar-refractivity contribution in [2.45, 2.75) is 56.4 Å². The molecule has 1 aromatic rings. The van der Waals surface area contributed by atoms with Crippen LogP contribution in [-0.4, -0.2) is 43.7 Å². The summed E-state index contributed by atoms with van der Waals surface area (Å²) in [5.74, 6) is -0.383. The molecule has 1 aromatic carbocycles. The first-order valence-electron chi connectivity index (χ1n) is 8.43. The van der Waals surface area contributed by atoms with Crippen LogP contribution in [0.2, 0.25) is 0 Å². The van der Waals surface area contributed by atoms with Crippen LogP contribution in [-0.2, 0) is 21.0 Å². The van der Waals surface area contributed by atoms with Gasteiger partial charge >= 0.3 is 6.09 Å². The first-order chi connectivity index (χ1) is 11.4. The molecule has 6 nitrogen and oxygen atoms in total. The Labute approximate surface area is 150 Å². The van der Waals surface area contributed by atoms with Crippen LogP contribution in [0.3, 0.4) is 0 Å². The normalized spacial score (nSPS) is 26.2. The summed E-state index contributed by atoms with van der Waals surface area (Å²) in [4.78, 5) is 12.2. The molecular weight excluding hydrogens is 340 g/mol. The average molecular weight is 368 g/mol. The van der Waals surface area contributed by atoms with Crippen molar-refractivity contribution in [3.8, 4) is 0 Å². The van der Waals surface area contributed by atoms with Gasteiger partial charge in [-0.2, -0.15) is 0 Å². The molecule has 25 heavy (non-hydrogen) atoms. The lowest BCUT2D eigenvalue weighted by atomic mass is 10.0. The molecule has 1 fully saturated rings. The Morgan fingerprint density at radius 1 is 1.28 bits per heavy atom. The van der Waals surface area contributed by atoms with E-state index in [0.717, 1.165) is 12.0 Å². The minimum Gasteiger partial charge on any atom is -0.444 e. The third kappa shape index (κ3) is 4.15. The number of alkyl carbamates (subject to hydrolysis) is 1. The van der Waals surface area contributed by atoms with Gasteiger partial charge in [0, 0.05) is 18.7 Å². The molecule has 3 atom stereocenters. The van der Waals surface area contributed by atoms with Crippen LogP contribution in [0.15, 0.2) is 24.3 Å². The van der Waals surface area contributed by atoms with Crippen LogP contribution >= 0.6 is 0 Å². The second-order valence-electron chi connectivity index (χ2n) is 7.69. The van der Waals surface area contributed by atoms with Gasteiger partial charge in [-0.3, -0.25) is 0 Å². The molecule has 7 heteroatoms. The van der Waals surface area contributed by atoms with Gasteiger partial charge in [-0.05, 0) is 38.3 Å². The predicted molar refractivity (Wildman–Crippen MR) is 98.3 cm³/mol. The van der Waals surface area contributed by atoms with Gasteiger partial charge in [0.1, 0.15) is 5.60 Å². The summed E-state index contributed by atoms with van der Waals surface area (Å²) in [5.41, 5.74) is 6.23. The Balaban J connectivity index is 2.34. The minimum atomic E-state index is -3.40. The lowest BCUT2D eigenvalue weighted by molar-refractivity contribution is 0.0497. The summed E-state index contributed by atoms with van der Waals surface area (Å²) in [7, 11) is -3.40. The molecule has 0 unspecified atom stereocenters. The number of carbonyl (C=O) groups is 1. The Morgan fingerprint density at radius 2 is 1.84 bits per heavy atom. The molecule has 1 saturated carbocycles. The highest BCUT2D eigenvalue weighted by Crippen LogP contribution is 2.55. The molecule has 0 aliphatic heterocycles. The number of carbonyl (C=O) groups excluding carboxylic acids is 1. The van der Waals surface area contributed by atoms with E-state index < -0.39 is 32.3 Å². The van der Waals surface area contributed by atoms with E-state index in [-0.39, 0.29) is 12.5 Å². The van der Waals surface area contributed by atoms with Crippen molar-refractivity contribution in [1.82, 2.24) is 5.32 Å². The molecule has 0 bridgehead atoms. The summed E-state index contributed by atoms with van der Waals surface area (Å²) in [6.45, 7) is 7.33. The highest BCUT2D eigenvalue weighted by atomic mass is 32.2. The molecule has 0 heterocycles. The van der Waals surface area contributed by atoms with Gasteiger partial charge in [-0.25, -0.2) is 13.2 Å². The molecule has 0 aromatic heterocycles. The van der Waals surface area contributed by atoms with Gasteiger partial charge in [0.05, 0.1) is 10.8 Å². The molecule has 0 saturated heterocycles. The lowest BCUT2D eigenvalue weighted by Gasteiger charge is -2.24. The van der Waals surface area contributed by atoms with Crippen molar-refractivity contribution in [3.63, 3.8) is 0 Å². The van der Waals surface area contributed by atoms with Gasteiger partial charge in [-0.15, -0.1) is 0 Å². The number of benzene rings is 1. The van der Waals surface area contributed by atoms with Crippen molar-refractivity contribution < 1.29 is 17.9 Å². The summed E-state index contributed by atoms with van der Waals surface area (Å²) in [6.07, 6.45) is 1.43. The average Bonchev–Trinajstić information content (AvgIpc) is 3.14. The van der Waals surface area contributed by atoms with Crippen LogP contribution in [0.25, 0.3) is 0 Å². The fourth-order valence-corrected chi connectivity index (χ4v) is 5.29. The molecule has 0 spiro atoms. The van der Waals surface area contributed by atoms with Gasteiger partial charge in [0.25, 0.3) is 0 Å². The zero-order chi connectivity index (χ0) is 19.0. The highest BCUT2D eigenvalue weighted by molar-refractivity contribution is 7.91. The maximum atomic E-state index is 12.3. The van der Waals surface area contributed by atoms with Crippen LogP contribution < -0.4 is 11.1 Å². The topological polar surface area (TPSA) is 98.5 Å². The Kier molecular flexibility index (Phi) is 5.21. The van der Waals surface area contributed by atoms with Crippen molar-refractivity contribution in [1.29, 1.82) is 0 Å². The molecule has 2 rings (SSSR count). The number of ether oxygens (including phenoxy) is 1. The number of sulfone groups is 1. The molecule has 140 valence electrons. The largest absolute Gasteiger partial charge is 0.444 e. The van der Waals surface area contributed by atoms with Crippen LogP contribution in [0.5, 0.6) is 0 Å². The van der Waals surface area contributed by atoms with E-state index in [0.29, 0.717) is 0 Å². The van der Waals surface area contributed by atoms with Crippen molar-refractivity contribution in [2.75, 3.05) is 12.8 Å². The minimum absolute atomic E-state index is 0.0180. The first-order valence-corrected chi connectivity index (χ1v) is 10.4. The van der Waals surface area contributed by atoms with Gasteiger partial charge in [-0.1, -0.05) is 31.2 Å². The van der Waals surface area contributed by atoms with E-state index in [4.69, 9.17) is 10.5 Å². The van der Waals surface area contributed by atoms with E-state index in [1.807, 2.05) is 24.3 Å². The molecular formula is C18H28N2O4S. The van der Waals surface area contributed by atoms with E-state index in [1.165, 1.54) is 11.8 Å². The Morgan fingerprint density at radius 3 is 2.24 bits per heavy atom. The molecule has 1 aliphatic carbocycles. The molecule has 3 N–H and O–H groups in total. The third-order valence-electron chi connectivity index (χ3n) is 4.54. The number of rotatable bonds is 5. The zero-order valence-corrected chi connectivity index (χ0v) is 16.3. The smallest absolute Gasteiger partial charge is 0.408 e. The number of hydrogen-bond donors (Lipinski definition) is 2. The zero-order valence-electron chi connectivity index (χ0n) is 15.5. The standard InChI is InChI=1S/C18H28N2O4S/c1-6-12-7-9-13(10-8-12)14-15(25(5,22)23)18(14,11-19)20-16(21)24-17(2,3)4/h7-10,14-15H,6,11,19H2,1-5H3,(H,20,21)/t14-,15+,18-/m1/s1. The fraction of sp³-hybridized carbons (Fsp3) is 0.611. The molecule has 1 amide bonds. The van der Waals surface area contributed by atoms with Crippen LogP contribution in [0, 0.1) is 0 Å². The number of amides is 1. The summed E-state index contributed by atoms with van der Waals surface area (Å²) in [5, 5.41) is 1.98. The monoisotopic (exact) mass is 368 g/mol. The Bertz CT molecular complexity index is 737. The second-order valence-corrected chi connectivity index (χ2v) is 9.86. The van der Waals surface area contributed by atoms with Gasteiger partial charge < -0.3 is 15.8 Å². The highest BCUT2D eigenvalue weighted by Gasteiger charge is 2.70. The summed E-state index contributed by atoms with van der Waals surface area (Å²) < 4.78 is 29.9. The SMILES string of the molecule is CCc1ccc([C@@H]2[C@H](S(C)(=O)=O)[C@]2(CN)NC(=O)OC(C)(C)C)cc1. The van der Waals surface area contributed by atoms with Crippen molar-refractivity contribution in [2.24, 2.45) is 5.73 Å². The molecule has 0 radical (unpaired) electrons. The van der Waals surface area contributed by atoms with Crippen LogP contribution in [0.1, 0.15) is 44.7 Å². The molecule has 1 aliphatic rings. The van der Waals surface area contributed by atoms with E-state index in [2.05, 4.69) is 12.2 Å². The quantitative estimate of drug-likeness (QED) is 0.828. The third-order valence-corrected chi connectivity index (χ3v) is 6.15. The number of aryl methyl sites for hydroxylation is 1. The Hall–Kier alpha value is -1.60. The summed E-state index contributed by atoms with van der Waals surface area (Å²) in [6, 6.07) is 7.77. The maximum absolute atomic E-state index is 12.3. The van der Waals surface area contributed by atoms with E-state index in [1.54, 1.807) is 20.8 Å². The predicted octanol–water partition coefficient (Wildman–Crippen LogP) is 1.98. The van der Waals surface area contributed by atoms with Crippen molar-refractivity contribution >= 4 is 15.9 Å².